The molecule has 1 aliphatic rings. The standard InChI is InChI=1S/C13H20N2OS/c1-10(2)14-13(16)15-7-5-11(6-8-15)12-4-3-9-17-12/h3-4,9-11H,5-8H2,1-2H3,(H,14,16). The first-order chi connectivity index (χ1) is 8.16. The molecule has 0 aromatic carbocycles. The number of piperidine rings is 1. The van der Waals surface area contributed by atoms with Crippen LogP contribution in [0.3, 0.4) is 0 Å². The van der Waals surface area contributed by atoms with Crippen LogP contribution < -0.4 is 5.32 Å². The molecule has 3 nitrogen and oxygen atoms in total. The highest BCUT2D eigenvalue weighted by Crippen LogP contribution is 2.30. The smallest absolute Gasteiger partial charge is 0.317 e. The molecule has 0 bridgehead atoms. The van der Waals surface area contributed by atoms with Gasteiger partial charge in [-0.2, -0.15) is 0 Å². The summed E-state index contributed by atoms with van der Waals surface area (Å²) in [6.07, 6.45) is 2.18. The molecule has 2 rings (SSSR count). The Morgan fingerprint density at radius 2 is 2.18 bits per heavy atom. The number of likely N-dealkylation sites (tertiary alicyclic amines) is 1. The van der Waals surface area contributed by atoms with Gasteiger partial charge < -0.3 is 10.2 Å². The molecule has 17 heavy (non-hydrogen) atoms. The van der Waals surface area contributed by atoms with Gasteiger partial charge in [-0.05, 0) is 44.1 Å². The van der Waals surface area contributed by atoms with Crippen molar-refractivity contribution in [1.29, 1.82) is 0 Å². The van der Waals surface area contributed by atoms with E-state index in [2.05, 4.69) is 22.8 Å². The van der Waals surface area contributed by atoms with Crippen LogP contribution >= 0.6 is 11.3 Å². The number of nitrogens with one attached hydrogen (secondary N) is 1. The van der Waals surface area contributed by atoms with Crippen LogP contribution in [0.25, 0.3) is 0 Å². The summed E-state index contributed by atoms with van der Waals surface area (Å²) in [5.41, 5.74) is 0. The predicted octanol–water partition coefficient (Wildman–Crippen LogP) is 3.05. The van der Waals surface area contributed by atoms with E-state index in [1.54, 1.807) is 0 Å². The summed E-state index contributed by atoms with van der Waals surface area (Å²) in [6, 6.07) is 4.62. The number of amides is 2. The lowest BCUT2D eigenvalue weighted by Gasteiger charge is -2.32. The zero-order chi connectivity index (χ0) is 12.3. The fourth-order valence-electron chi connectivity index (χ4n) is 2.23. The largest absolute Gasteiger partial charge is 0.336 e. The molecular weight excluding hydrogens is 232 g/mol. The van der Waals surface area contributed by atoms with Crippen molar-refractivity contribution in [2.24, 2.45) is 0 Å². The summed E-state index contributed by atoms with van der Waals surface area (Å²) in [7, 11) is 0. The Balaban J connectivity index is 1.84. The van der Waals surface area contributed by atoms with E-state index in [9.17, 15) is 4.79 Å². The maximum atomic E-state index is 11.8. The van der Waals surface area contributed by atoms with Crippen molar-refractivity contribution >= 4 is 17.4 Å². The number of thiophene rings is 1. The number of rotatable bonds is 2. The van der Waals surface area contributed by atoms with Crippen LogP contribution in [0.5, 0.6) is 0 Å². The summed E-state index contributed by atoms with van der Waals surface area (Å²) in [4.78, 5) is 15.2. The molecule has 0 radical (unpaired) electrons. The van der Waals surface area contributed by atoms with Crippen molar-refractivity contribution in [1.82, 2.24) is 10.2 Å². The second kappa shape index (κ2) is 5.54. The van der Waals surface area contributed by atoms with Crippen LogP contribution in [-0.2, 0) is 0 Å². The highest BCUT2D eigenvalue weighted by molar-refractivity contribution is 7.10. The molecule has 2 heterocycles. The second-order valence-corrected chi connectivity index (χ2v) is 5.86. The van der Waals surface area contributed by atoms with E-state index in [1.165, 1.54) is 4.88 Å². The summed E-state index contributed by atoms with van der Waals surface area (Å²) in [6.45, 7) is 5.74. The van der Waals surface area contributed by atoms with Crippen molar-refractivity contribution in [3.05, 3.63) is 22.4 Å². The lowest BCUT2D eigenvalue weighted by Crippen LogP contribution is -2.46. The fourth-order valence-corrected chi connectivity index (χ4v) is 3.13. The van der Waals surface area contributed by atoms with Gasteiger partial charge in [0.25, 0.3) is 0 Å². The van der Waals surface area contributed by atoms with Gasteiger partial charge in [0.1, 0.15) is 0 Å². The minimum atomic E-state index is 0.0876. The van der Waals surface area contributed by atoms with Crippen LogP contribution in [0.4, 0.5) is 4.79 Å². The molecule has 1 aromatic rings. The average Bonchev–Trinajstić information content (AvgIpc) is 2.82. The Bertz CT molecular complexity index is 354. The topological polar surface area (TPSA) is 32.3 Å². The maximum absolute atomic E-state index is 11.8. The number of carbonyl (C=O) groups is 1. The van der Waals surface area contributed by atoms with Crippen molar-refractivity contribution < 1.29 is 4.79 Å². The lowest BCUT2D eigenvalue weighted by molar-refractivity contribution is 0.179. The Morgan fingerprint density at radius 1 is 1.47 bits per heavy atom. The molecule has 0 unspecified atom stereocenters. The minimum Gasteiger partial charge on any atom is -0.336 e. The molecule has 0 spiro atoms. The molecule has 4 heteroatoms. The van der Waals surface area contributed by atoms with Gasteiger partial charge in [0, 0.05) is 24.0 Å². The molecule has 1 fully saturated rings. The van der Waals surface area contributed by atoms with Gasteiger partial charge in [0.15, 0.2) is 0 Å². The third-order valence-corrected chi connectivity index (χ3v) is 4.17. The van der Waals surface area contributed by atoms with E-state index >= 15 is 0 Å². The zero-order valence-electron chi connectivity index (χ0n) is 10.5. The van der Waals surface area contributed by atoms with Gasteiger partial charge in [-0.15, -0.1) is 11.3 Å². The third-order valence-electron chi connectivity index (χ3n) is 3.14. The van der Waals surface area contributed by atoms with Crippen LogP contribution in [0.1, 0.15) is 37.5 Å². The van der Waals surface area contributed by atoms with Crippen LogP contribution in [0.2, 0.25) is 0 Å². The van der Waals surface area contributed by atoms with Gasteiger partial charge in [-0.1, -0.05) is 6.07 Å². The van der Waals surface area contributed by atoms with Crippen molar-refractivity contribution in [3.63, 3.8) is 0 Å². The molecule has 1 aromatic heterocycles. The van der Waals surface area contributed by atoms with Crippen LogP contribution in [0, 0.1) is 0 Å². The number of carbonyl (C=O) groups excluding carboxylic acids is 1. The zero-order valence-corrected chi connectivity index (χ0v) is 11.3. The summed E-state index contributed by atoms with van der Waals surface area (Å²) in [5.74, 6) is 0.651. The van der Waals surface area contributed by atoms with Gasteiger partial charge in [0.05, 0.1) is 0 Å². The van der Waals surface area contributed by atoms with Crippen LogP contribution in [0.15, 0.2) is 17.5 Å². The molecular formula is C13H20N2OS. The summed E-state index contributed by atoms with van der Waals surface area (Å²) >= 11 is 1.83. The van der Waals surface area contributed by atoms with E-state index in [1.807, 2.05) is 30.1 Å². The Kier molecular flexibility index (Phi) is 4.05. The van der Waals surface area contributed by atoms with E-state index in [0.29, 0.717) is 5.92 Å². The van der Waals surface area contributed by atoms with Gasteiger partial charge in [-0.3, -0.25) is 0 Å². The van der Waals surface area contributed by atoms with Crippen LogP contribution in [-0.4, -0.2) is 30.1 Å². The fraction of sp³-hybridized carbons (Fsp3) is 0.615. The Morgan fingerprint density at radius 3 is 2.71 bits per heavy atom. The van der Waals surface area contributed by atoms with Gasteiger partial charge >= 0.3 is 6.03 Å². The van der Waals surface area contributed by atoms with Crippen molar-refractivity contribution in [2.75, 3.05) is 13.1 Å². The van der Waals surface area contributed by atoms with E-state index < -0.39 is 0 Å². The summed E-state index contributed by atoms with van der Waals surface area (Å²) < 4.78 is 0. The quantitative estimate of drug-likeness (QED) is 0.862. The van der Waals surface area contributed by atoms with E-state index in [4.69, 9.17) is 0 Å². The lowest BCUT2D eigenvalue weighted by atomic mass is 9.95. The molecule has 1 saturated heterocycles. The first-order valence-electron chi connectivity index (χ1n) is 6.25. The molecule has 2 amide bonds. The number of urea groups is 1. The van der Waals surface area contributed by atoms with E-state index in [0.717, 1.165) is 25.9 Å². The summed E-state index contributed by atoms with van der Waals surface area (Å²) in [5, 5.41) is 5.08. The Labute approximate surface area is 107 Å². The molecule has 0 saturated carbocycles. The van der Waals surface area contributed by atoms with E-state index in [-0.39, 0.29) is 12.1 Å². The molecule has 1 aliphatic heterocycles. The van der Waals surface area contributed by atoms with Gasteiger partial charge in [0.2, 0.25) is 0 Å². The highest BCUT2D eigenvalue weighted by atomic mass is 32.1. The number of nitrogens with zero attached hydrogens (tertiary/aromatic N) is 1. The maximum Gasteiger partial charge on any atom is 0.317 e. The predicted molar refractivity (Wildman–Crippen MR) is 71.5 cm³/mol. The number of hydrogen-bond donors (Lipinski definition) is 1. The van der Waals surface area contributed by atoms with Crippen molar-refractivity contribution in [3.8, 4) is 0 Å². The van der Waals surface area contributed by atoms with Gasteiger partial charge in [-0.25, -0.2) is 4.79 Å². The average molecular weight is 252 g/mol. The first kappa shape index (κ1) is 12.4. The molecule has 0 aliphatic carbocycles. The first-order valence-corrected chi connectivity index (χ1v) is 7.13. The normalized spacial score (nSPS) is 17.5. The molecule has 94 valence electrons. The van der Waals surface area contributed by atoms with Crippen molar-refractivity contribution in [2.45, 2.75) is 38.6 Å². The number of hydrogen-bond acceptors (Lipinski definition) is 2. The minimum absolute atomic E-state index is 0.0876. The molecule has 1 N–H and O–H groups in total. The second-order valence-electron chi connectivity index (χ2n) is 4.88. The Hall–Kier alpha value is -1.03. The highest BCUT2D eigenvalue weighted by Gasteiger charge is 2.24. The molecule has 0 atom stereocenters. The third kappa shape index (κ3) is 3.22. The monoisotopic (exact) mass is 252 g/mol. The SMILES string of the molecule is CC(C)NC(=O)N1CCC(c2cccs2)CC1.